The number of allylic oxidation sites excluding steroid dienone is 3. The third-order valence-electron chi connectivity index (χ3n) is 8.64. The van der Waals surface area contributed by atoms with Gasteiger partial charge in [0.1, 0.15) is 0 Å². The second-order valence-corrected chi connectivity index (χ2v) is 15.0. The van der Waals surface area contributed by atoms with E-state index in [0.717, 1.165) is 107 Å². The monoisotopic (exact) mass is 748 g/mol. The molecule has 0 saturated carbocycles. The van der Waals surface area contributed by atoms with Crippen molar-refractivity contribution in [1.82, 2.24) is 25.9 Å². The Morgan fingerprint density at radius 1 is 0.722 bits per heavy atom. The zero-order valence-corrected chi connectivity index (χ0v) is 34.6. The lowest BCUT2D eigenvalue weighted by atomic mass is 10.0. The van der Waals surface area contributed by atoms with Crippen molar-refractivity contribution in [2.24, 2.45) is 17.4 Å². The van der Waals surface area contributed by atoms with E-state index in [4.69, 9.17) is 11.5 Å². The maximum absolute atomic E-state index is 5.86. The minimum atomic E-state index is 0.0860. The molecule has 0 aliphatic rings. The van der Waals surface area contributed by atoms with Gasteiger partial charge in [-0.15, -0.1) is 18.3 Å². The van der Waals surface area contributed by atoms with Crippen molar-refractivity contribution < 1.29 is 0 Å². The molecule has 0 spiro atoms. The van der Waals surface area contributed by atoms with Crippen LogP contribution in [0.1, 0.15) is 82.9 Å². The number of fused-ring (bicyclic) bond motifs is 2. The van der Waals surface area contributed by atoms with Gasteiger partial charge in [-0.3, -0.25) is 9.97 Å². The third kappa shape index (κ3) is 16.0. The summed E-state index contributed by atoms with van der Waals surface area (Å²) in [5.41, 5.74) is 22.5. The smallest absolute Gasteiger partial charge is 0.0837 e. The molecule has 0 radical (unpaired) electrons. The summed E-state index contributed by atoms with van der Waals surface area (Å²) in [6.07, 6.45) is 12.1. The molecule has 290 valence electrons. The van der Waals surface area contributed by atoms with Gasteiger partial charge in [0.25, 0.3) is 0 Å². The number of benzene rings is 2. The molecule has 7 N–H and O–H groups in total. The number of aromatic nitrogens is 2. The van der Waals surface area contributed by atoms with Crippen LogP contribution in [-0.4, -0.2) is 35.4 Å². The lowest BCUT2D eigenvalue weighted by Crippen LogP contribution is -2.32. The van der Waals surface area contributed by atoms with E-state index in [1.807, 2.05) is 45.3 Å². The van der Waals surface area contributed by atoms with Gasteiger partial charge in [-0.25, -0.2) is 0 Å². The van der Waals surface area contributed by atoms with Crippen molar-refractivity contribution in [2.75, 3.05) is 19.3 Å². The minimum absolute atomic E-state index is 0.0860. The van der Waals surface area contributed by atoms with E-state index >= 15 is 0 Å². The topological polar surface area (TPSA) is 114 Å². The molecule has 0 aliphatic carbocycles. The van der Waals surface area contributed by atoms with E-state index < -0.39 is 0 Å². The van der Waals surface area contributed by atoms with Gasteiger partial charge >= 0.3 is 0 Å². The van der Waals surface area contributed by atoms with E-state index in [1.54, 1.807) is 11.8 Å². The van der Waals surface area contributed by atoms with Crippen molar-refractivity contribution >= 4 is 45.0 Å². The SMILES string of the molecule is C=C(C)C.C=C(C)NC(CCCCNC(=C)c1cc(SC)c2ncccc2c1)C(=C)N.C=C(NCCCCC(C)C(=C)N)c1cc(C)c2ncccc2c1. The summed E-state index contributed by atoms with van der Waals surface area (Å²) in [5.74, 6) is 0.397. The van der Waals surface area contributed by atoms with Crippen LogP contribution < -0.4 is 27.4 Å². The van der Waals surface area contributed by atoms with Crippen LogP contribution in [0.15, 0.2) is 128 Å². The molecular weight excluding hydrogens is 683 g/mol. The van der Waals surface area contributed by atoms with Crippen molar-refractivity contribution in [2.45, 2.75) is 84.1 Å². The highest BCUT2D eigenvalue weighted by molar-refractivity contribution is 7.98. The number of hydrogen-bond acceptors (Lipinski definition) is 8. The standard InChI is InChI=1S/C22H30N4S.C20H27N3.C4H8/c1-15(2)26-20(16(3)23)10-6-7-11-24-17(4)19-13-18-9-8-12-25-22(18)21(14-19)27-5;1-14(16(3)21)8-5-6-10-22-17(4)19-12-15(2)20-18(13-19)9-7-11-23-20;1-4(2)3/h8-9,12-14,20,24,26H,1,3-4,6-7,10-11,23H2,2,5H3;7,9,11-14,22H,3-6,8,10,21H2,1-2H3;1H2,2-3H3. The summed E-state index contributed by atoms with van der Waals surface area (Å²) in [4.78, 5) is 10.1. The fourth-order valence-corrected chi connectivity index (χ4v) is 6.21. The summed E-state index contributed by atoms with van der Waals surface area (Å²) >= 11 is 1.71. The summed E-state index contributed by atoms with van der Waals surface area (Å²) < 4.78 is 0. The van der Waals surface area contributed by atoms with E-state index in [2.05, 4.69) is 122 Å². The average molecular weight is 748 g/mol. The molecule has 0 amide bonds. The summed E-state index contributed by atoms with van der Waals surface area (Å²) in [5, 5.41) is 12.4. The van der Waals surface area contributed by atoms with Gasteiger partial charge in [-0.1, -0.05) is 63.9 Å². The number of unbranched alkanes of at least 4 members (excludes halogenated alkanes) is 2. The van der Waals surface area contributed by atoms with E-state index in [0.29, 0.717) is 11.6 Å². The molecule has 4 aromatic rings. The van der Waals surface area contributed by atoms with Gasteiger partial charge in [0.2, 0.25) is 0 Å². The molecule has 2 aromatic heterocycles. The average Bonchev–Trinajstić information content (AvgIpc) is 3.13. The normalized spacial score (nSPS) is 11.5. The Morgan fingerprint density at radius 2 is 1.22 bits per heavy atom. The number of pyridine rings is 2. The first-order chi connectivity index (χ1) is 25.6. The van der Waals surface area contributed by atoms with E-state index in [9.17, 15) is 0 Å². The van der Waals surface area contributed by atoms with Gasteiger partial charge in [0, 0.05) is 69.6 Å². The van der Waals surface area contributed by atoms with Crippen molar-refractivity contribution in [3.05, 3.63) is 140 Å². The number of nitrogens with two attached hydrogens (primary N) is 2. The Balaban J connectivity index is 0.000000343. The Kier molecular flexibility index (Phi) is 19.8. The Hall–Kier alpha value is -4.95. The molecule has 2 atom stereocenters. The predicted molar refractivity (Wildman–Crippen MR) is 240 cm³/mol. The van der Waals surface area contributed by atoms with E-state index in [-0.39, 0.29) is 6.04 Å². The second kappa shape index (κ2) is 23.7. The Bertz CT molecular complexity index is 1890. The summed E-state index contributed by atoms with van der Waals surface area (Å²) in [6, 6.07) is 16.8. The minimum Gasteiger partial charge on any atom is -0.402 e. The molecular formula is C46H65N7S. The molecule has 54 heavy (non-hydrogen) atoms. The zero-order valence-electron chi connectivity index (χ0n) is 33.8. The molecule has 0 bridgehead atoms. The highest BCUT2D eigenvalue weighted by Gasteiger charge is 2.10. The van der Waals surface area contributed by atoms with Crippen LogP contribution in [-0.2, 0) is 0 Å². The van der Waals surface area contributed by atoms with Crippen molar-refractivity contribution in [3.8, 4) is 0 Å². The van der Waals surface area contributed by atoms with Crippen LogP contribution in [0.3, 0.4) is 0 Å². The maximum Gasteiger partial charge on any atom is 0.0837 e. The number of hydrogen-bond donors (Lipinski definition) is 5. The molecule has 0 saturated heterocycles. The van der Waals surface area contributed by atoms with Crippen LogP contribution in [0.25, 0.3) is 33.2 Å². The Morgan fingerprint density at radius 3 is 1.72 bits per heavy atom. The lowest BCUT2D eigenvalue weighted by Gasteiger charge is -2.19. The molecule has 0 fully saturated rings. The van der Waals surface area contributed by atoms with Gasteiger partial charge in [-0.2, -0.15) is 0 Å². The summed E-state index contributed by atoms with van der Waals surface area (Å²) in [7, 11) is 0. The number of rotatable bonds is 19. The van der Waals surface area contributed by atoms with Gasteiger partial charge in [0.05, 0.1) is 17.1 Å². The zero-order chi connectivity index (χ0) is 40.2. The molecule has 8 heteroatoms. The number of nitrogens with zero attached hydrogens (tertiary/aromatic N) is 2. The molecule has 4 rings (SSSR count). The fourth-order valence-electron chi connectivity index (χ4n) is 5.60. The highest BCUT2D eigenvalue weighted by atomic mass is 32.2. The van der Waals surface area contributed by atoms with Crippen molar-refractivity contribution in [1.29, 1.82) is 0 Å². The molecule has 0 aliphatic heterocycles. The second-order valence-electron chi connectivity index (χ2n) is 14.2. The van der Waals surface area contributed by atoms with Crippen LogP contribution in [0.2, 0.25) is 0 Å². The first-order valence-electron chi connectivity index (χ1n) is 18.7. The first kappa shape index (κ1) is 45.2. The number of thioether (sulfide) groups is 1. The Labute approximate surface area is 330 Å². The quantitative estimate of drug-likeness (QED) is 0.0366. The van der Waals surface area contributed by atoms with Gasteiger partial charge in [-0.05, 0) is 125 Å². The molecule has 2 heterocycles. The van der Waals surface area contributed by atoms with Crippen molar-refractivity contribution in [3.63, 3.8) is 0 Å². The van der Waals surface area contributed by atoms with Gasteiger partial charge in [0.15, 0.2) is 0 Å². The largest absolute Gasteiger partial charge is 0.402 e. The third-order valence-corrected chi connectivity index (χ3v) is 9.39. The maximum atomic E-state index is 5.86. The molecule has 2 unspecified atom stereocenters. The van der Waals surface area contributed by atoms with Crippen LogP contribution >= 0.6 is 11.8 Å². The van der Waals surface area contributed by atoms with Gasteiger partial charge < -0.3 is 27.4 Å². The first-order valence-corrected chi connectivity index (χ1v) is 19.9. The summed E-state index contributed by atoms with van der Waals surface area (Å²) in [6.45, 7) is 35.3. The highest BCUT2D eigenvalue weighted by Crippen LogP contribution is 2.28. The molecule has 7 nitrogen and oxygen atoms in total. The fraction of sp³-hybridized carbons (Fsp3) is 0.348. The number of nitrogens with one attached hydrogen (secondary N) is 3. The number of aryl methyl sites for hydroxylation is 1. The van der Waals surface area contributed by atoms with Crippen LogP contribution in [0.4, 0.5) is 0 Å². The van der Waals surface area contributed by atoms with Crippen LogP contribution in [0, 0.1) is 12.8 Å². The van der Waals surface area contributed by atoms with Crippen LogP contribution in [0.5, 0.6) is 0 Å². The van der Waals surface area contributed by atoms with E-state index in [1.165, 1.54) is 16.0 Å². The predicted octanol–water partition coefficient (Wildman–Crippen LogP) is 10.6. The lowest BCUT2D eigenvalue weighted by molar-refractivity contribution is 0.543. The molecule has 2 aromatic carbocycles.